The van der Waals surface area contributed by atoms with E-state index in [4.69, 9.17) is 0 Å². The molecular formula is C13H18N2O. The lowest BCUT2D eigenvalue weighted by atomic mass is 9.93. The van der Waals surface area contributed by atoms with Gasteiger partial charge in [0.2, 0.25) is 0 Å². The average molecular weight is 218 g/mol. The second-order valence-corrected chi connectivity index (χ2v) is 4.53. The summed E-state index contributed by atoms with van der Waals surface area (Å²) >= 11 is 0. The summed E-state index contributed by atoms with van der Waals surface area (Å²) in [6.45, 7) is 4.11. The van der Waals surface area contributed by atoms with E-state index in [1.54, 1.807) is 0 Å². The number of amides is 2. The number of rotatable bonds is 2. The minimum absolute atomic E-state index is 0.0899. The zero-order chi connectivity index (χ0) is 11.5. The fourth-order valence-electron chi connectivity index (χ4n) is 1.72. The Morgan fingerprint density at radius 3 is 2.56 bits per heavy atom. The molecule has 1 aliphatic rings. The van der Waals surface area contributed by atoms with Gasteiger partial charge in [-0.15, -0.1) is 0 Å². The number of urea groups is 1. The van der Waals surface area contributed by atoms with Crippen LogP contribution in [0.5, 0.6) is 0 Å². The van der Waals surface area contributed by atoms with E-state index >= 15 is 0 Å². The van der Waals surface area contributed by atoms with E-state index in [2.05, 4.69) is 17.6 Å². The van der Waals surface area contributed by atoms with Gasteiger partial charge in [0.1, 0.15) is 0 Å². The van der Waals surface area contributed by atoms with Gasteiger partial charge in [-0.1, -0.05) is 6.07 Å². The highest BCUT2D eigenvalue weighted by atomic mass is 16.2. The molecule has 16 heavy (non-hydrogen) atoms. The molecule has 0 heterocycles. The highest BCUT2D eigenvalue weighted by molar-refractivity contribution is 5.89. The quantitative estimate of drug-likeness (QED) is 0.787. The van der Waals surface area contributed by atoms with Gasteiger partial charge in [0.15, 0.2) is 0 Å². The van der Waals surface area contributed by atoms with Crippen molar-refractivity contribution in [2.75, 3.05) is 5.32 Å². The summed E-state index contributed by atoms with van der Waals surface area (Å²) in [5.74, 6) is 0. The molecule has 0 unspecified atom stereocenters. The van der Waals surface area contributed by atoms with Crippen LogP contribution in [0.15, 0.2) is 18.2 Å². The maximum Gasteiger partial charge on any atom is 0.319 e. The predicted molar refractivity (Wildman–Crippen MR) is 65.7 cm³/mol. The number of hydrogen-bond acceptors (Lipinski definition) is 1. The second-order valence-electron chi connectivity index (χ2n) is 4.53. The first-order chi connectivity index (χ1) is 7.65. The Morgan fingerprint density at radius 2 is 2.00 bits per heavy atom. The van der Waals surface area contributed by atoms with Crippen LogP contribution in [0.2, 0.25) is 0 Å². The molecule has 2 rings (SSSR count). The van der Waals surface area contributed by atoms with E-state index in [1.165, 1.54) is 17.5 Å². The third-order valence-corrected chi connectivity index (χ3v) is 3.21. The molecule has 1 aromatic carbocycles. The molecule has 2 amide bonds. The van der Waals surface area contributed by atoms with Crippen molar-refractivity contribution in [1.82, 2.24) is 5.32 Å². The summed E-state index contributed by atoms with van der Waals surface area (Å²) < 4.78 is 0. The molecule has 0 aromatic heterocycles. The molecule has 3 heteroatoms. The van der Waals surface area contributed by atoms with Crippen molar-refractivity contribution in [3.8, 4) is 0 Å². The largest absolute Gasteiger partial charge is 0.335 e. The van der Waals surface area contributed by atoms with E-state index in [0.29, 0.717) is 6.04 Å². The van der Waals surface area contributed by atoms with Crippen molar-refractivity contribution in [2.24, 2.45) is 0 Å². The van der Waals surface area contributed by atoms with Crippen LogP contribution >= 0.6 is 0 Å². The van der Waals surface area contributed by atoms with Gasteiger partial charge in [-0.3, -0.25) is 0 Å². The third-order valence-electron chi connectivity index (χ3n) is 3.21. The third kappa shape index (κ3) is 2.54. The summed E-state index contributed by atoms with van der Waals surface area (Å²) in [5.41, 5.74) is 3.30. The van der Waals surface area contributed by atoms with Crippen molar-refractivity contribution in [2.45, 2.75) is 39.2 Å². The van der Waals surface area contributed by atoms with Crippen molar-refractivity contribution in [1.29, 1.82) is 0 Å². The Bertz CT molecular complexity index is 397. The van der Waals surface area contributed by atoms with Gasteiger partial charge in [0.25, 0.3) is 0 Å². The first kappa shape index (κ1) is 11.0. The average Bonchev–Trinajstić information content (AvgIpc) is 2.18. The molecule has 0 spiro atoms. The Kier molecular flexibility index (Phi) is 3.13. The maximum absolute atomic E-state index is 11.6. The van der Waals surface area contributed by atoms with Gasteiger partial charge >= 0.3 is 6.03 Å². The molecule has 0 bridgehead atoms. The molecule has 1 fully saturated rings. The molecule has 2 N–H and O–H groups in total. The monoisotopic (exact) mass is 218 g/mol. The van der Waals surface area contributed by atoms with E-state index in [1.807, 2.05) is 25.1 Å². The van der Waals surface area contributed by atoms with Gasteiger partial charge in [-0.2, -0.15) is 0 Å². The number of carbonyl (C=O) groups excluding carboxylic acids is 1. The van der Waals surface area contributed by atoms with Crippen LogP contribution in [0.1, 0.15) is 30.4 Å². The van der Waals surface area contributed by atoms with Gasteiger partial charge < -0.3 is 10.6 Å². The van der Waals surface area contributed by atoms with Gasteiger partial charge in [-0.05, 0) is 56.4 Å². The van der Waals surface area contributed by atoms with Crippen molar-refractivity contribution >= 4 is 11.7 Å². The van der Waals surface area contributed by atoms with Crippen molar-refractivity contribution in [3.05, 3.63) is 29.3 Å². The number of hydrogen-bond donors (Lipinski definition) is 2. The Balaban J connectivity index is 1.92. The van der Waals surface area contributed by atoms with Crippen LogP contribution in [-0.2, 0) is 0 Å². The summed E-state index contributed by atoms with van der Waals surface area (Å²) in [6.07, 6.45) is 3.45. The molecular weight excluding hydrogens is 200 g/mol. The lowest BCUT2D eigenvalue weighted by Gasteiger charge is -2.26. The van der Waals surface area contributed by atoms with Crippen LogP contribution in [0, 0.1) is 13.8 Å². The van der Waals surface area contributed by atoms with Crippen molar-refractivity contribution < 1.29 is 4.79 Å². The predicted octanol–water partition coefficient (Wildman–Crippen LogP) is 2.98. The first-order valence-electron chi connectivity index (χ1n) is 5.80. The molecule has 1 aromatic rings. The second kappa shape index (κ2) is 4.56. The lowest BCUT2D eigenvalue weighted by Crippen LogP contribution is -2.41. The summed E-state index contributed by atoms with van der Waals surface area (Å²) in [5, 5.41) is 5.81. The minimum atomic E-state index is -0.0899. The Hall–Kier alpha value is -1.51. The zero-order valence-corrected chi connectivity index (χ0v) is 9.84. The number of aryl methyl sites for hydroxylation is 2. The standard InChI is InChI=1S/C13H18N2O/c1-9-6-7-12(8-10(9)2)15-13(16)14-11-4-3-5-11/h6-8,11H,3-5H2,1-2H3,(H2,14,15,16). The first-order valence-corrected chi connectivity index (χ1v) is 5.80. The highest BCUT2D eigenvalue weighted by Gasteiger charge is 2.19. The Morgan fingerprint density at radius 1 is 1.25 bits per heavy atom. The maximum atomic E-state index is 11.6. The fraction of sp³-hybridized carbons (Fsp3) is 0.462. The van der Waals surface area contributed by atoms with Gasteiger partial charge in [-0.25, -0.2) is 4.79 Å². The van der Waals surface area contributed by atoms with Gasteiger partial charge in [0, 0.05) is 11.7 Å². The molecule has 0 saturated heterocycles. The molecule has 3 nitrogen and oxygen atoms in total. The topological polar surface area (TPSA) is 41.1 Å². The van der Waals surface area contributed by atoms with Crippen molar-refractivity contribution in [3.63, 3.8) is 0 Å². The van der Waals surface area contributed by atoms with Crippen LogP contribution < -0.4 is 10.6 Å². The Labute approximate surface area is 96.2 Å². The summed E-state index contributed by atoms with van der Waals surface area (Å²) in [7, 11) is 0. The fourth-order valence-corrected chi connectivity index (χ4v) is 1.72. The highest BCUT2D eigenvalue weighted by Crippen LogP contribution is 2.18. The van der Waals surface area contributed by atoms with Gasteiger partial charge in [0.05, 0.1) is 0 Å². The normalized spacial score (nSPS) is 15.4. The SMILES string of the molecule is Cc1ccc(NC(=O)NC2CCC2)cc1C. The van der Waals surface area contributed by atoms with Crippen LogP contribution in [0.4, 0.5) is 10.5 Å². The van der Waals surface area contributed by atoms with E-state index < -0.39 is 0 Å². The molecule has 86 valence electrons. The number of benzene rings is 1. The zero-order valence-electron chi connectivity index (χ0n) is 9.84. The van der Waals surface area contributed by atoms with Crippen LogP contribution in [0.3, 0.4) is 0 Å². The smallest absolute Gasteiger partial charge is 0.319 e. The molecule has 1 saturated carbocycles. The van der Waals surface area contributed by atoms with E-state index in [9.17, 15) is 4.79 Å². The van der Waals surface area contributed by atoms with Crippen LogP contribution in [0.25, 0.3) is 0 Å². The molecule has 0 atom stereocenters. The number of carbonyl (C=O) groups is 1. The number of anilines is 1. The van der Waals surface area contributed by atoms with E-state index in [0.717, 1.165) is 18.5 Å². The molecule has 1 aliphatic carbocycles. The number of nitrogens with one attached hydrogen (secondary N) is 2. The van der Waals surface area contributed by atoms with E-state index in [-0.39, 0.29) is 6.03 Å². The molecule has 0 aliphatic heterocycles. The molecule has 0 radical (unpaired) electrons. The van der Waals surface area contributed by atoms with Crippen LogP contribution in [-0.4, -0.2) is 12.1 Å². The minimum Gasteiger partial charge on any atom is -0.335 e. The lowest BCUT2D eigenvalue weighted by molar-refractivity contribution is 0.240. The summed E-state index contributed by atoms with van der Waals surface area (Å²) in [6, 6.07) is 6.24. The summed E-state index contributed by atoms with van der Waals surface area (Å²) in [4.78, 5) is 11.6.